The Morgan fingerprint density at radius 1 is 1.45 bits per heavy atom. The summed E-state index contributed by atoms with van der Waals surface area (Å²) in [5.74, 6) is 0. The van der Waals surface area contributed by atoms with Crippen LogP contribution in [0.2, 0.25) is 0 Å². The first-order valence-electron chi connectivity index (χ1n) is 4.42. The molecule has 0 spiro atoms. The molecule has 1 saturated heterocycles. The van der Waals surface area contributed by atoms with Crippen LogP contribution in [0.3, 0.4) is 0 Å². The maximum Gasteiger partial charge on any atom is 0.0997 e. The molecule has 0 amide bonds. The highest BCUT2D eigenvalue weighted by Gasteiger charge is 2.17. The molecule has 1 radical (unpaired) electrons. The van der Waals surface area contributed by atoms with Gasteiger partial charge in [0, 0.05) is 6.42 Å². The quantitative estimate of drug-likeness (QED) is 0.611. The van der Waals surface area contributed by atoms with E-state index in [1.165, 1.54) is 12.5 Å². The van der Waals surface area contributed by atoms with Crippen LogP contribution in [0.25, 0.3) is 0 Å². The van der Waals surface area contributed by atoms with Gasteiger partial charge >= 0.3 is 0 Å². The fourth-order valence-electron chi connectivity index (χ4n) is 1.33. The summed E-state index contributed by atoms with van der Waals surface area (Å²) in [4.78, 5) is 0. The van der Waals surface area contributed by atoms with Crippen LogP contribution in [-0.4, -0.2) is 19.3 Å². The first-order valence-corrected chi connectivity index (χ1v) is 4.42. The van der Waals surface area contributed by atoms with Gasteiger partial charge in [-0.1, -0.05) is 13.3 Å². The van der Waals surface area contributed by atoms with Gasteiger partial charge in [0.25, 0.3) is 0 Å². The highest BCUT2D eigenvalue weighted by Crippen LogP contribution is 2.21. The molecule has 0 aromatic rings. The van der Waals surface area contributed by atoms with Crippen LogP contribution in [-0.2, 0) is 9.47 Å². The molecular weight excluding hydrogens is 140 g/mol. The zero-order chi connectivity index (χ0) is 8.10. The number of hydrogen-bond donors (Lipinski definition) is 0. The highest BCUT2D eigenvalue weighted by molar-refractivity contribution is 4.82. The summed E-state index contributed by atoms with van der Waals surface area (Å²) >= 11 is 0. The minimum absolute atomic E-state index is 0.346. The summed E-state index contributed by atoms with van der Waals surface area (Å²) in [7, 11) is 0. The van der Waals surface area contributed by atoms with Gasteiger partial charge in [-0.15, -0.1) is 0 Å². The number of ether oxygens (including phenoxy) is 2. The molecule has 0 aliphatic carbocycles. The fraction of sp³-hybridized carbons (Fsp3) is 0.889. The largest absolute Gasteiger partial charge is 0.376 e. The van der Waals surface area contributed by atoms with Crippen molar-refractivity contribution >= 4 is 0 Å². The second-order valence-corrected chi connectivity index (χ2v) is 3.02. The lowest BCUT2D eigenvalue weighted by atomic mass is 10.1. The van der Waals surface area contributed by atoms with Crippen molar-refractivity contribution in [2.45, 2.75) is 39.2 Å². The van der Waals surface area contributed by atoms with Crippen LogP contribution >= 0.6 is 0 Å². The van der Waals surface area contributed by atoms with Crippen LogP contribution in [0.5, 0.6) is 0 Å². The van der Waals surface area contributed by atoms with Crippen molar-refractivity contribution in [2.75, 3.05) is 13.2 Å². The van der Waals surface area contributed by atoms with E-state index in [-0.39, 0.29) is 0 Å². The van der Waals surface area contributed by atoms with E-state index in [2.05, 4.69) is 13.8 Å². The molecule has 1 fully saturated rings. The third-order valence-electron chi connectivity index (χ3n) is 1.84. The molecule has 2 heteroatoms. The zero-order valence-corrected chi connectivity index (χ0v) is 7.43. The lowest BCUT2D eigenvalue weighted by Gasteiger charge is -2.13. The van der Waals surface area contributed by atoms with Crippen molar-refractivity contribution in [3.05, 3.63) is 6.10 Å². The van der Waals surface area contributed by atoms with Crippen LogP contribution in [0.4, 0.5) is 0 Å². The van der Waals surface area contributed by atoms with Crippen molar-refractivity contribution in [1.29, 1.82) is 0 Å². The van der Waals surface area contributed by atoms with E-state index in [4.69, 9.17) is 9.47 Å². The molecule has 1 aliphatic rings. The summed E-state index contributed by atoms with van der Waals surface area (Å²) < 4.78 is 10.9. The van der Waals surface area contributed by atoms with E-state index >= 15 is 0 Å². The molecule has 11 heavy (non-hydrogen) atoms. The summed E-state index contributed by atoms with van der Waals surface area (Å²) in [6.07, 6.45) is 4.81. The summed E-state index contributed by atoms with van der Waals surface area (Å²) in [6, 6.07) is 0. The lowest BCUT2D eigenvalue weighted by molar-refractivity contribution is 0.0641. The first kappa shape index (κ1) is 9.01. The summed E-state index contributed by atoms with van der Waals surface area (Å²) in [5.41, 5.74) is 0. The van der Waals surface area contributed by atoms with Crippen LogP contribution in [0.15, 0.2) is 0 Å². The molecule has 1 rings (SSSR count). The molecule has 0 N–H and O–H groups in total. The lowest BCUT2D eigenvalue weighted by Crippen LogP contribution is -2.09. The third-order valence-corrected chi connectivity index (χ3v) is 1.84. The molecule has 2 nitrogen and oxygen atoms in total. The van der Waals surface area contributed by atoms with Gasteiger partial charge in [-0.2, -0.15) is 0 Å². The van der Waals surface area contributed by atoms with Gasteiger partial charge in [0.1, 0.15) is 0 Å². The van der Waals surface area contributed by atoms with E-state index in [1.54, 1.807) is 0 Å². The van der Waals surface area contributed by atoms with E-state index in [0.29, 0.717) is 6.10 Å². The highest BCUT2D eigenvalue weighted by atomic mass is 16.5. The predicted molar refractivity (Wildman–Crippen MR) is 44.1 cm³/mol. The Morgan fingerprint density at radius 2 is 2.27 bits per heavy atom. The molecular formula is C9H17O2. The Hall–Kier alpha value is -0.0800. The Labute approximate surface area is 68.9 Å². The topological polar surface area (TPSA) is 18.5 Å². The minimum Gasteiger partial charge on any atom is -0.376 e. The summed E-state index contributed by atoms with van der Waals surface area (Å²) in [5, 5.41) is 0. The van der Waals surface area contributed by atoms with E-state index in [9.17, 15) is 0 Å². The van der Waals surface area contributed by atoms with Crippen LogP contribution in [0, 0.1) is 6.10 Å². The molecule has 0 bridgehead atoms. The number of rotatable bonds is 2. The maximum atomic E-state index is 5.51. The van der Waals surface area contributed by atoms with Gasteiger partial charge in [-0.3, -0.25) is 0 Å². The third kappa shape index (κ3) is 3.21. The molecule has 1 unspecified atom stereocenters. The maximum absolute atomic E-state index is 5.51. The average molecular weight is 157 g/mol. The van der Waals surface area contributed by atoms with Gasteiger partial charge in [-0.05, 0) is 13.3 Å². The van der Waals surface area contributed by atoms with E-state index in [0.717, 1.165) is 26.1 Å². The predicted octanol–water partition coefficient (Wildman–Crippen LogP) is 2.14. The van der Waals surface area contributed by atoms with Gasteiger partial charge in [0.05, 0.1) is 25.4 Å². The smallest absolute Gasteiger partial charge is 0.0997 e. The van der Waals surface area contributed by atoms with Crippen molar-refractivity contribution in [3.8, 4) is 0 Å². The van der Waals surface area contributed by atoms with E-state index < -0.39 is 0 Å². The minimum atomic E-state index is 0.346. The average Bonchev–Trinajstić information content (AvgIpc) is 2.15. The SMILES string of the molecule is CCC[C]1CC(C)OCCO1. The van der Waals surface area contributed by atoms with Crippen molar-refractivity contribution in [2.24, 2.45) is 0 Å². The first-order chi connectivity index (χ1) is 5.33. The molecule has 0 aromatic carbocycles. The van der Waals surface area contributed by atoms with Gasteiger partial charge in [0.2, 0.25) is 0 Å². The molecule has 1 heterocycles. The van der Waals surface area contributed by atoms with Gasteiger partial charge in [0.15, 0.2) is 0 Å². The molecule has 1 atom stereocenters. The number of hydrogen-bond acceptors (Lipinski definition) is 2. The zero-order valence-electron chi connectivity index (χ0n) is 7.43. The molecule has 0 aromatic heterocycles. The Balaban J connectivity index is 2.27. The molecule has 1 aliphatic heterocycles. The molecule has 0 saturated carbocycles. The van der Waals surface area contributed by atoms with Crippen molar-refractivity contribution in [3.63, 3.8) is 0 Å². The second-order valence-electron chi connectivity index (χ2n) is 3.02. The Morgan fingerprint density at radius 3 is 3.00 bits per heavy atom. The standard InChI is InChI=1S/C9H17O2/c1-3-4-9-7-8(2)10-5-6-11-9/h8H,3-7H2,1-2H3. The van der Waals surface area contributed by atoms with E-state index in [1.807, 2.05) is 0 Å². The summed E-state index contributed by atoms with van der Waals surface area (Å²) in [6.45, 7) is 5.76. The normalized spacial score (nSPS) is 28.4. The van der Waals surface area contributed by atoms with Crippen molar-refractivity contribution in [1.82, 2.24) is 0 Å². The Bertz CT molecular complexity index is 104. The van der Waals surface area contributed by atoms with Crippen LogP contribution in [0.1, 0.15) is 33.1 Å². The van der Waals surface area contributed by atoms with Gasteiger partial charge < -0.3 is 9.47 Å². The molecule has 65 valence electrons. The second kappa shape index (κ2) is 4.73. The fourth-order valence-corrected chi connectivity index (χ4v) is 1.33. The monoisotopic (exact) mass is 157 g/mol. The van der Waals surface area contributed by atoms with Gasteiger partial charge in [-0.25, -0.2) is 0 Å². The van der Waals surface area contributed by atoms with Crippen molar-refractivity contribution < 1.29 is 9.47 Å². The van der Waals surface area contributed by atoms with Crippen LogP contribution < -0.4 is 0 Å². The Kier molecular flexibility index (Phi) is 3.87.